The topological polar surface area (TPSA) is 108 Å². The van der Waals surface area contributed by atoms with E-state index in [0.29, 0.717) is 23.3 Å². The molecule has 35 heavy (non-hydrogen) atoms. The third kappa shape index (κ3) is 8.35. The summed E-state index contributed by atoms with van der Waals surface area (Å²) in [5.74, 6) is -1.18. The Morgan fingerprint density at radius 3 is 1.86 bits per heavy atom. The molecule has 0 aromatic heterocycles. The third-order valence-corrected chi connectivity index (χ3v) is 5.70. The van der Waals surface area contributed by atoms with Crippen molar-refractivity contribution in [3.63, 3.8) is 0 Å². The van der Waals surface area contributed by atoms with Gasteiger partial charge in [0.2, 0.25) is 0 Å². The highest BCUT2D eigenvalue weighted by atomic mass is 19.1. The molecule has 2 aliphatic rings. The first-order valence-electron chi connectivity index (χ1n) is 11.4. The summed E-state index contributed by atoms with van der Waals surface area (Å²) in [4.78, 5) is 32.4. The minimum absolute atomic E-state index is 0.0273. The number of hydrogen-bond acceptors (Lipinski definition) is 7. The van der Waals surface area contributed by atoms with Crippen LogP contribution in [0.15, 0.2) is 36.4 Å². The summed E-state index contributed by atoms with van der Waals surface area (Å²) in [5, 5.41) is 3.11. The molecule has 0 heterocycles. The van der Waals surface area contributed by atoms with Crippen LogP contribution in [0.1, 0.15) is 60.2 Å². The Kier molecular flexibility index (Phi) is 10.2. The largest absolute Gasteiger partial charge is 0.465 e. The molecule has 4 rings (SSSR count). The smallest absolute Gasteiger partial charge is 0.340 e. The van der Waals surface area contributed by atoms with Gasteiger partial charge in [-0.1, -0.05) is 12.1 Å². The van der Waals surface area contributed by atoms with Crippen LogP contribution in [-0.2, 0) is 14.3 Å². The average Bonchev–Trinajstić information content (AvgIpc) is 3.73. The molecule has 3 N–H and O–H groups in total. The number of halogens is 2. The molecule has 1 unspecified atom stereocenters. The quantitative estimate of drug-likeness (QED) is 0.433. The summed E-state index contributed by atoms with van der Waals surface area (Å²) in [6.07, 6.45) is 4.67. The zero-order valence-corrected chi connectivity index (χ0v) is 20.4. The van der Waals surface area contributed by atoms with E-state index >= 15 is 0 Å². The summed E-state index contributed by atoms with van der Waals surface area (Å²) >= 11 is 0. The van der Waals surface area contributed by atoms with Crippen molar-refractivity contribution in [2.45, 2.75) is 45.6 Å². The summed E-state index contributed by atoms with van der Waals surface area (Å²) in [6.45, 7) is 3.69. The normalized spacial score (nSPS) is 14.8. The van der Waals surface area contributed by atoms with Crippen LogP contribution >= 0.6 is 0 Å². The van der Waals surface area contributed by atoms with Crippen LogP contribution in [0.2, 0.25) is 0 Å². The van der Waals surface area contributed by atoms with Gasteiger partial charge in [-0.15, -0.1) is 0 Å². The van der Waals surface area contributed by atoms with Gasteiger partial charge in [-0.3, -0.25) is 4.79 Å². The molecule has 2 aromatic carbocycles. The number of nitrogen functional groups attached to an aromatic ring is 1. The number of carbonyl (C=O) groups excluding carboxylic acids is 3. The van der Waals surface area contributed by atoms with Gasteiger partial charge in [0.25, 0.3) is 0 Å². The predicted octanol–water partition coefficient (Wildman–Crippen LogP) is 5.00. The van der Waals surface area contributed by atoms with Gasteiger partial charge in [0, 0.05) is 12.0 Å². The highest BCUT2D eigenvalue weighted by Crippen LogP contribution is 2.34. The van der Waals surface area contributed by atoms with Crippen molar-refractivity contribution in [2.75, 3.05) is 25.3 Å². The lowest BCUT2D eigenvalue weighted by Gasteiger charge is -2.15. The molecule has 0 aliphatic heterocycles. The van der Waals surface area contributed by atoms with Gasteiger partial charge in [-0.05, 0) is 69.7 Å². The maximum absolute atomic E-state index is 14.0. The lowest BCUT2D eigenvalue weighted by atomic mass is 10.1. The van der Waals surface area contributed by atoms with Gasteiger partial charge in [0.1, 0.15) is 5.78 Å². The fourth-order valence-corrected chi connectivity index (χ4v) is 3.18. The SMILES string of the molecule is CC(=O)C1CC1.COC(=O)c1cccc(N)c1F.COC(=O)c1cccc(NC(C)C2CC2)c1F. The second-order valence-electron chi connectivity index (χ2n) is 8.51. The lowest BCUT2D eigenvalue weighted by molar-refractivity contribution is -0.118. The van der Waals surface area contributed by atoms with Crippen LogP contribution in [0.3, 0.4) is 0 Å². The summed E-state index contributed by atoms with van der Waals surface area (Å²) in [5.41, 5.74) is 5.37. The zero-order valence-electron chi connectivity index (χ0n) is 20.4. The Labute approximate surface area is 204 Å². The Morgan fingerprint density at radius 1 is 0.914 bits per heavy atom. The summed E-state index contributed by atoms with van der Waals surface area (Å²) < 4.78 is 35.9. The number of ether oxygens (including phenoxy) is 2. The van der Waals surface area contributed by atoms with Crippen LogP contribution in [0, 0.1) is 23.5 Å². The van der Waals surface area contributed by atoms with Crippen molar-refractivity contribution in [1.29, 1.82) is 0 Å². The molecule has 0 saturated heterocycles. The molecule has 2 aliphatic carbocycles. The number of nitrogens with two attached hydrogens (primary N) is 1. The van der Waals surface area contributed by atoms with E-state index in [2.05, 4.69) is 14.8 Å². The Balaban J connectivity index is 0.000000207. The number of anilines is 2. The minimum atomic E-state index is -0.732. The van der Waals surface area contributed by atoms with Crippen molar-refractivity contribution in [3.8, 4) is 0 Å². The molecule has 2 aromatic rings. The van der Waals surface area contributed by atoms with Gasteiger partial charge >= 0.3 is 11.9 Å². The molecule has 0 amide bonds. The van der Waals surface area contributed by atoms with E-state index < -0.39 is 23.6 Å². The van der Waals surface area contributed by atoms with Gasteiger partial charge in [0.15, 0.2) is 11.6 Å². The van der Waals surface area contributed by atoms with E-state index in [4.69, 9.17) is 5.73 Å². The van der Waals surface area contributed by atoms with Crippen LogP contribution in [0.25, 0.3) is 0 Å². The first kappa shape index (κ1) is 27.8. The van der Waals surface area contributed by atoms with Crippen molar-refractivity contribution in [3.05, 3.63) is 59.2 Å². The molecule has 0 bridgehead atoms. The fourth-order valence-electron chi connectivity index (χ4n) is 3.18. The molecule has 2 saturated carbocycles. The second kappa shape index (κ2) is 12.8. The Bertz CT molecular complexity index is 1050. The van der Waals surface area contributed by atoms with Crippen molar-refractivity contribution in [1.82, 2.24) is 0 Å². The van der Waals surface area contributed by atoms with Crippen LogP contribution in [0.5, 0.6) is 0 Å². The van der Waals surface area contributed by atoms with Gasteiger partial charge in [-0.25, -0.2) is 18.4 Å². The van der Waals surface area contributed by atoms with Crippen LogP contribution in [0.4, 0.5) is 20.2 Å². The standard InChI is InChI=1S/C13H16FNO2.C8H8FNO2.C5H8O/c1-8(9-6-7-9)15-11-5-3-4-10(12(11)14)13(16)17-2;1-12-8(11)5-3-2-4-6(10)7(5)9;1-4(6)5-2-3-5/h3-5,8-9,15H,6-7H2,1-2H3;2-4H,10H2,1H3;5H,2-3H2,1H3. The van der Waals surface area contributed by atoms with Gasteiger partial charge < -0.3 is 20.5 Å². The first-order valence-corrected chi connectivity index (χ1v) is 11.4. The number of esters is 2. The molecule has 190 valence electrons. The number of carbonyl (C=O) groups is 3. The number of nitrogens with one attached hydrogen (secondary N) is 1. The molecular weight excluding hydrogens is 458 g/mol. The lowest BCUT2D eigenvalue weighted by Crippen LogP contribution is -2.19. The van der Waals surface area contributed by atoms with E-state index in [0.717, 1.165) is 12.8 Å². The molecule has 0 radical (unpaired) electrons. The average molecular weight is 491 g/mol. The monoisotopic (exact) mass is 490 g/mol. The highest BCUT2D eigenvalue weighted by Gasteiger charge is 2.28. The van der Waals surface area contributed by atoms with Crippen molar-refractivity contribution in [2.24, 2.45) is 11.8 Å². The summed E-state index contributed by atoms with van der Waals surface area (Å²) in [6, 6.07) is 9.13. The zero-order chi connectivity index (χ0) is 26.1. The Morgan fingerprint density at radius 2 is 1.43 bits per heavy atom. The number of hydrogen-bond donors (Lipinski definition) is 2. The van der Waals surface area contributed by atoms with Crippen LogP contribution < -0.4 is 11.1 Å². The molecule has 9 heteroatoms. The predicted molar refractivity (Wildman–Crippen MR) is 129 cm³/mol. The van der Waals surface area contributed by atoms with E-state index in [1.165, 1.54) is 51.3 Å². The highest BCUT2D eigenvalue weighted by molar-refractivity contribution is 5.91. The molecule has 0 spiro atoms. The maximum atomic E-state index is 14.0. The van der Waals surface area contributed by atoms with Gasteiger partial charge in [0.05, 0.1) is 36.7 Å². The summed E-state index contributed by atoms with van der Waals surface area (Å²) in [7, 11) is 2.43. The number of methoxy groups -OCH3 is 2. The third-order valence-electron chi connectivity index (χ3n) is 5.70. The van der Waals surface area contributed by atoms with E-state index in [1.54, 1.807) is 19.1 Å². The van der Waals surface area contributed by atoms with Crippen LogP contribution in [-0.4, -0.2) is 38.0 Å². The molecular formula is C26H32F2N2O5. The fraction of sp³-hybridized carbons (Fsp3) is 0.423. The molecule has 1 atom stereocenters. The van der Waals surface area contributed by atoms with Gasteiger partial charge in [-0.2, -0.15) is 0 Å². The van der Waals surface area contributed by atoms with E-state index in [1.807, 2.05) is 6.92 Å². The van der Waals surface area contributed by atoms with Crippen molar-refractivity contribution >= 4 is 29.1 Å². The van der Waals surface area contributed by atoms with E-state index in [-0.39, 0.29) is 22.9 Å². The number of Topliss-reactive ketones (excluding diaryl/α,β-unsaturated/α-hetero) is 1. The first-order chi connectivity index (χ1) is 16.6. The minimum Gasteiger partial charge on any atom is -0.465 e. The maximum Gasteiger partial charge on any atom is 0.340 e. The Hall–Kier alpha value is -3.49. The number of rotatable bonds is 6. The van der Waals surface area contributed by atoms with Crippen molar-refractivity contribution < 1.29 is 32.6 Å². The number of benzene rings is 2. The van der Waals surface area contributed by atoms with E-state index in [9.17, 15) is 23.2 Å². The molecule has 7 nitrogen and oxygen atoms in total. The second-order valence-corrected chi connectivity index (χ2v) is 8.51. The number of ketones is 1. The molecule has 2 fully saturated rings.